The highest BCUT2D eigenvalue weighted by Crippen LogP contribution is 2.17. The number of rotatable bonds is 7. The summed E-state index contributed by atoms with van der Waals surface area (Å²) >= 11 is 1.23. The van der Waals surface area contributed by atoms with Crippen LogP contribution < -0.4 is 15.9 Å². The van der Waals surface area contributed by atoms with E-state index < -0.39 is 23.5 Å². The number of pyridine rings is 1. The molecule has 3 aromatic rings. The number of hydrogen-bond donors (Lipinski definition) is 2. The summed E-state index contributed by atoms with van der Waals surface area (Å²) in [5, 5.41) is 6.96. The van der Waals surface area contributed by atoms with E-state index in [4.69, 9.17) is 10.5 Å². The molecule has 11 nitrogen and oxygen atoms in total. The molecule has 12 heteroatoms. The number of carbonyl (C=O) groups excluding carboxylic acids is 3. The van der Waals surface area contributed by atoms with Crippen molar-refractivity contribution in [1.29, 1.82) is 0 Å². The first-order valence-corrected chi connectivity index (χ1v) is 11.8. The zero-order valence-electron chi connectivity index (χ0n) is 20.4. The normalized spacial score (nSPS) is 12.4. The third-order valence-electron chi connectivity index (χ3n) is 4.64. The second kappa shape index (κ2) is 10.6. The van der Waals surface area contributed by atoms with Crippen LogP contribution >= 0.6 is 11.3 Å². The Morgan fingerprint density at radius 1 is 1.26 bits per heavy atom. The van der Waals surface area contributed by atoms with Gasteiger partial charge >= 0.3 is 6.09 Å². The van der Waals surface area contributed by atoms with Gasteiger partial charge in [0.25, 0.3) is 5.91 Å². The number of aromatic nitrogens is 4. The third kappa shape index (κ3) is 6.63. The van der Waals surface area contributed by atoms with E-state index in [-0.39, 0.29) is 12.1 Å². The quantitative estimate of drug-likeness (QED) is 0.478. The average molecular weight is 500 g/mol. The van der Waals surface area contributed by atoms with Crippen LogP contribution in [0.4, 0.5) is 4.79 Å². The van der Waals surface area contributed by atoms with Gasteiger partial charge in [-0.15, -0.1) is 0 Å². The first-order valence-electron chi connectivity index (χ1n) is 11.0. The number of nitrogens with two attached hydrogens (primary N) is 1. The van der Waals surface area contributed by atoms with Gasteiger partial charge in [-0.1, -0.05) is 23.5 Å². The van der Waals surface area contributed by atoms with Gasteiger partial charge in [0.2, 0.25) is 5.91 Å². The molecule has 3 N–H and O–H groups in total. The maximum absolute atomic E-state index is 13.0. The lowest BCUT2D eigenvalue weighted by atomic mass is 10.2. The van der Waals surface area contributed by atoms with Crippen molar-refractivity contribution in [3.63, 3.8) is 0 Å². The molecule has 0 spiro atoms. The van der Waals surface area contributed by atoms with Crippen molar-refractivity contribution in [3.05, 3.63) is 52.2 Å². The van der Waals surface area contributed by atoms with Crippen LogP contribution in [0, 0.1) is 6.92 Å². The maximum atomic E-state index is 13.0. The van der Waals surface area contributed by atoms with E-state index in [1.54, 1.807) is 48.2 Å². The molecule has 186 valence electrons. The molecule has 0 aliphatic rings. The number of alkyl carbamates (subject to hydrolysis) is 1. The summed E-state index contributed by atoms with van der Waals surface area (Å²) in [4.78, 5) is 45.5. The van der Waals surface area contributed by atoms with Crippen molar-refractivity contribution in [1.82, 2.24) is 24.6 Å². The zero-order chi connectivity index (χ0) is 25.8. The molecule has 0 bridgehead atoms. The summed E-state index contributed by atoms with van der Waals surface area (Å²) in [6.07, 6.45) is 4.46. The van der Waals surface area contributed by atoms with E-state index in [9.17, 15) is 14.4 Å². The zero-order valence-corrected chi connectivity index (χ0v) is 21.2. The Balaban J connectivity index is 1.91. The number of allylic oxidation sites excluding steroid dienone is 1. The molecule has 0 saturated heterocycles. The topological polar surface area (TPSA) is 146 Å². The van der Waals surface area contributed by atoms with Crippen molar-refractivity contribution >= 4 is 39.6 Å². The fourth-order valence-corrected chi connectivity index (χ4v) is 4.20. The molecular weight excluding hydrogens is 470 g/mol. The van der Waals surface area contributed by atoms with Crippen molar-refractivity contribution < 1.29 is 19.1 Å². The van der Waals surface area contributed by atoms with Crippen molar-refractivity contribution in [2.75, 3.05) is 6.54 Å². The van der Waals surface area contributed by atoms with Gasteiger partial charge in [-0.05, 0) is 46.8 Å². The number of fused-ring (bicyclic) bond motifs is 1. The van der Waals surface area contributed by atoms with Crippen LogP contribution in [0.15, 0.2) is 35.5 Å². The van der Waals surface area contributed by atoms with E-state index in [1.807, 2.05) is 19.9 Å². The Bertz CT molecular complexity index is 1360. The van der Waals surface area contributed by atoms with Gasteiger partial charge in [-0.25, -0.2) is 9.78 Å². The number of nitrogens with one attached hydrogen (secondary N) is 1. The first kappa shape index (κ1) is 25.8. The number of amides is 3. The fraction of sp³-hybridized carbons (Fsp3) is 0.391. The highest BCUT2D eigenvalue weighted by Gasteiger charge is 2.16. The number of nitrogens with zero attached hydrogens (tertiary/aromatic N) is 5. The van der Waals surface area contributed by atoms with Crippen LogP contribution in [0.3, 0.4) is 0 Å². The van der Waals surface area contributed by atoms with E-state index in [0.29, 0.717) is 33.9 Å². The molecule has 0 aromatic carbocycles. The number of aryl methyl sites for hydroxylation is 2. The summed E-state index contributed by atoms with van der Waals surface area (Å²) in [6.45, 7) is 10.2. The molecule has 0 aliphatic carbocycles. The maximum Gasteiger partial charge on any atom is 0.407 e. The summed E-state index contributed by atoms with van der Waals surface area (Å²) in [6, 6.07) is 3.32. The van der Waals surface area contributed by atoms with Gasteiger partial charge in [0.1, 0.15) is 11.3 Å². The van der Waals surface area contributed by atoms with Crippen LogP contribution in [-0.2, 0) is 17.8 Å². The minimum absolute atomic E-state index is 0.261. The van der Waals surface area contributed by atoms with Gasteiger partial charge in [0.15, 0.2) is 10.4 Å². The first-order chi connectivity index (χ1) is 16.5. The predicted octanol–water partition coefficient (Wildman–Crippen LogP) is 2.54. The van der Waals surface area contributed by atoms with Gasteiger partial charge in [0, 0.05) is 25.8 Å². The molecule has 0 fully saturated rings. The molecule has 0 unspecified atom stereocenters. The largest absolute Gasteiger partial charge is 0.444 e. The molecule has 0 aliphatic heterocycles. The summed E-state index contributed by atoms with van der Waals surface area (Å²) in [7, 11) is 0. The van der Waals surface area contributed by atoms with Gasteiger partial charge in [-0.2, -0.15) is 10.1 Å². The van der Waals surface area contributed by atoms with Crippen LogP contribution in [0.5, 0.6) is 0 Å². The Morgan fingerprint density at radius 3 is 2.66 bits per heavy atom. The molecule has 0 saturated carbocycles. The Hall–Kier alpha value is -3.80. The lowest BCUT2D eigenvalue weighted by Crippen LogP contribution is -2.32. The summed E-state index contributed by atoms with van der Waals surface area (Å²) in [5.74, 6) is -1.03. The molecule has 3 amide bonds. The number of thiazole rings is 1. The lowest BCUT2D eigenvalue weighted by molar-refractivity contribution is 0.0533. The molecule has 3 aromatic heterocycles. The molecule has 0 radical (unpaired) electrons. The predicted molar refractivity (Wildman–Crippen MR) is 132 cm³/mol. The summed E-state index contributed by atoms with van der Waals surface area (Å²) in [5.41, 5.74) is 6.74. The molecular formula is C23H29N7O4S. The standard InChI is InChI=1S/C23H29N7O4S/c1-6-30-16(11-14(2)28-30)20(32)27-21-29(10-8-7-9-25-22(33)34-23(3,4)5)19-17(35-21)12-15(13-26-19)18(24)31/h7-8,11-13H,6,9-10H2,1-5H3,(H2,24,31)(H,25,33)/b8-7+,27-21?. The van der Waals surface area contributed by atoms with Crippen LogP contribution in [0.1, 0.15) is 54.2 Å². The molecule has 3 rings (SSSR count). The SMILES string of the molecule is CCn1nc(C)cc1C(=O)N=c1sc2cc(C(N)=O)cnc2n1C/C=C/CNC(=O)OC(C)(C)C. The molecule has 0 atom stereocenters. The molecule has 3 heterocycles. The number of hydrogen-bond acceptors (Lipinski definition) is 7. The molecule has 35 heavy (non-hydrogen) atoms. The average Bonchev–Trinajstić information content (AvgIpc) is 3.31. The van der Waals surface area contributed by atoms with Crippen LogP contribution in [0.2, 0.25) is 0 Å². The van der Waals surface area contributed by atoms with Crippen molar-refractivity contribution in [2.24, 2.45) is 10.7 Å². The summed E-state index contributed by atoms with van der Waals surface area (Å²) < 4.78 is 9.23. The Labute approximate surface area is 206 Å². The monoisotopic (exact) mass is 499 g/mol. The second-order valence-electron chi connectivity index (χ2n) is 8.66. The highest BCUT2D eigenvalue weighted by molar-refractivity contribution is 7.16. The van der Waals surface area contributed by atoms with Crippen molar-refractivity contribution in [3.8, 4) is 0 Å². The lowest BCUT2D eigenvalue weighted by Gasteiger charge is -2.19. The van der Waals surface area contributed by atoms with E-state index >= 15 is 0 Å². The minimum atomic E-state index is -0.593. The van der Waals surface area contributed by atoms with Crippen LogP contribution in [-0.4, -0.2) is 49.4 Å². The van der Waals surface area contributed by atoms with E-state index in [1.165, 1.54) is 17.5 Å². The third-order valence-corrected chi connectivity index (χ3v) is 5.66. The Kier molecular flexibility index (Phi) is 7.85. The fourth-order valence-electron chi connectivity index (χ4n) is 3.16. The second-order valence-corrected chi connectivity index (χ2v) is 9.67. The van der Waals surface area contributed by atoms with E-state index in [0.717, 1.165) is 5.69 Å². The number of primary amides is 1. The van der Waals surface area contributed by atoms with E-state index in [2.05, 4.69) is 20.4 Å². The van der Waals surface area contributed by atoms with Gasteiger partial charge in [0.05, 0.1) is 16.0 Å². The van der Waals surface area contributed by atoms with Gasteiger partial charge in [-0.3, -0.25) is 18.8 Å². The minimum Gasteiger partial charge on any atom is -0.444 e. The highest BCUT2D eigenvalue weighted by atomic mass is 32.1. The number of carbonyl (C=O) groups is 3. The Morgan fingerprint density at radius 2 is 2.00 bits per heavy atom. The van der Waals surface area contributed by atoms with Crippen LogP contribution in [0.25, 0.3) is 10.3 Å². The van der Waals surface area contributed by atoms with Gasteiger partial charge < -0.3 is 15.8 Å². The van der Waals surface area contributed by atoms with Crippen molar-refractivity contribution in [2.45, 2.75) is 53.3 Å². The smallest absolute Gasteiger partial charge is 0.407 e. The number of ether oxygens (including phenoxy) is 1.